The lowest BCUT2D eigenvalue weighted by Gasteiger charge is -2.00. The minimum Gasteiger partial charge on any atom is -0.398 e. The third-order valence-electron chi connectivity index (χ3n) is 3.36. The highest BCUT2D eigenvalue weighted by atomic mass is 32.2. The minimum atomic E-state index is -3.16. The molecule has 6 nitrogen and oxygen atoms in total. The van der Waals surface area contributed by atoms with Crippen LogP contribution in [0.4, 0.5) is 11.5 Å². The normalized spacial score (nSPS) is 10.8. The molecular formula is C17H20N4O2S. The maximum atomic E-state index is 11.0. The second-order valence-corrected chi connectivity index (χ2v) is 7.27. The van der Waals surface area contributed by atoms with Crippen molar-refractivity contribution in [3.63, 3.8) is 0 Å². The van der Waals surface area contributed by atoms with Crippen molar-refractivity contribution in [2.45, 2.75) is 11.8 Å². The van der Waals surface area contributed by atoms with E-state index in [1.807, 2.05) is 37.3 Å². The van der Waals surface area contributed by atoms with Gasteiger partial charge in [0, 0.05) is 17.5 Å². The van der Waals surface area contributed by atoms with Crippen molar-refractivity contribution >= 4 is 21.3 Å². The highest BCUT2D eigenvalue weighted by Crippen LogP contribution is 2.26. The van der Waals surface area contributed by atoms with Gasteiger partial charge in [0.15, 0.2) is 15.7 Å². The second-order valence-electron chi connectivity index (χ2n) is 5.28. The molecule has 0 saturated heterocycles. The van der Waals surface area contributed by atoms with Gasteiger partial charge in [-0.15, -0.1) is 0 Å². The van der Waals surface area contributed by atoms with E-state index in [2.05, 4.69) is 10.2 Å². The van der Waals surface area contributed by atoms with Gasteiger partial charge in [-0.05, 0) is 24.6 Å². The molecule has 3 rings (SSSR count). The number of nitrogens with one attached hydrogen (secondary N) is 1. The number of nitrogens with two attached hydrogens (primary N) is 2. The molecule has 24 heavy (non-hydrogen) atoms. The lowest BCUT2D eigenvalue weighted by Crippen LogP contribution is -2.01. The number of para-hydroxylation sites is 1. The lowest BCUT2D eigenvalue weighted by molar-refractivity contribution is 0.602. The number of benzene rings is 2. The number of nitrogens with zero attached hydrogens (tertiary/aromatic N) is 1. The van der Waals surface area contributed by atoms with Crippen LogP contribution in [0.15, 0.2) is 59.5 Å². The van der Waals surface area contributed by atoms with Crippen LogP contribution in [0.1, 0.15) is 5.69 Å². The molecule has 5 N–H and O–H groups in total. The van der Waals surface area contributed by atoms with Gasteiger partial charge in [0.25, 0.3) is 0 Å². The Morgan fingerprint density at radius 3 is 2.00 bits per heavy atom. The molecule has 0 fully saturated rings. The Labute approximate surface area is 141 Å². The van der Waals surface area contributed by atoms with Gasteiger partial charge in [0.2, 0.25) is 0 Å². The summed E-state index contributed by atoms with van der Waals surface area (Å²) in [7, 11) is -3.16. The molecule has 0 radical (unpaired) electrons. The summed E-state index contributed by atoms with van der Waals surface area (Å²) >= 11 is 0. The maximum absolute atomic E-state index is 11.0. The number of aromatic amines is 1. The molecule has 0 atom stereocenters. The number of nitrogen functional groups attached to an aromatic ring is 2. The van der Waals surface area contributed by atoms with Crippen LogP contribution in [0, 0.1) is 6.92 Å². The SMILES string of the molecule is CS(=O)(=O)c1ccccc1N.Cc1[nH]nc(N)c1-c1ccccc1. The third kappa shape index (κ3) is 4.14. The Morgan fingerprint density at radius 1 is 0.958 bits per heavy atom. The van der Waals surface area contributed by atoms with Crippen LogP contribution in [0.5, 0.6) is 0 Å². The number of H-pyrrole nitrogens is 1. The standard InChI is InChI=1S/C10H11N3.C7H9NO2S/c1-7-9(10(11)13-12-7)8-5-3-2-4-6-8;1-11(9,10)7-5-3-2-4-6(7)8/h2-6H,1H3,(H3,11,12,13);2-5H,8H2,1H3. The Bertz CT molecular complexity index is 899. The first-order chi connectivity index (χ1) is 11.3. The molecule has 0 spiro atoms. The monoisotopic (exact) mass is 344 g/mol. The lowest BCUT2D eigenvalue weighted by atomic mass is 10.1. The fraction of sp³-hybridized carbons (Fsp3) is 0.118. The van der Waals surface area contributed by atoms with Gasteiger partial charge in [-0.25, -0.2) is 8.42 Å². The summed E-state index contributed by atoms with van der Waals surface area (Å²) in [6.07, 6.45) is 1.14. The Morgan fingerprint density at radius 2 is 1.54 bits per heavy atom. The predicted molar refractivity (Wildman–Crippen MR) is 97.1 cm³/mol. The van der Waals surface area contributed by atoms with E-state index in [0.29, 0.717) is 11.5 Å². The number of hydrogen-bond acceptors (Lipinski definition) is 5. The van der Waals surface area contributed by atoms with Crippen molar-refractivity contribution in [1.82, 2.24) is 10.2 Å². The molecular weight excluding hydrogens is 324 g/mol. The van der Waals surface area contributed by atoms with Crippen LogP contribution >= 0.6 is 0 Å². The Hall–Kier alpha value is -2.80. The van der Waals surface area contributed by atoms with Crippen LogP contribution in [0.25, 0.3) is 11.1 Å². The third-order valence-corrected chi connectivity index (χ3v) is 4.53. The van der Waals surface area contributed by atoms with Crippen molar-refractivity contribution in [1.29, 1.82) is 0 Å². The number of rotatable bonds is 2. The van der Waals surface area contributed by atoms with E-state index < -0.39 is 9.84 Å². The molecule has 0 aliphatic rings. The van der Waals surface area contributed by atoms with Gasteiger partial charge in [-0.1, -0.05) is 42.5 Å². The van der Waals surface area contributed by atoms with E-state index in [0.717, 1.165) is 23.1 Å². The summed E-state index contributed by atoms with van der Waals surface area (Å²) in [5, 5.41) is 6.81. The van der Waals surface area contributed by atoms with Crippen LogP contribution in [-0.4, -0.2) is 24.9 Å². The van der Waals surface area contributed by atoms with Gasteiger partial charge >= 0.3 is 0 Å². The Kier molecular flexibility index (Phi) is 5.25. The number of hydrogen-bond donors (Lipinski definition) is 3. The number of aromatic nitrogens is 2. The number of anilines is 2. The maximum Gasteiger partial charge on any atom is 0.177 e. The van der Waals surface area contributed by atoms with Crippen molar-refractivity contribution in [3.8, 4) is 11.1 Å². The molecule has 0 saturated carbocycles. The number of aryl methyl sites for hydroxylation is 1. The first-order valence-electron chi connectivity index (χ1n) is 7.21. The predicted octanol–water partition coefficient (Wildman–Crippen LogP) is 2.64. The highest BCUT2D eigenvalue weighted by Gasteiger charge is 2.09. The van der Waals surface area contributed by atoms with Crippen LogP contribution in [0.3, 0.4) is 0 Å². The van der Waals surface area contributed by atoms with Gasteiger partial charge in [-0.2, -0.15) is 5.10 Å². The first-order valence-corrected chi connectivity index (χ1v) is 9.10. The van der Waals surface area contributed by atoms with E-state index in [1.165, 1.54) is 6.07 Å². The summed E-state index contributed by atoms with van der Waals surface area (Å²) in [6.45, 7) is 1.96. The van der Waals surface area contributed by atoms with Crippen LogP contribution in [0.2, 0.25) is 0 Å². The molecule has 7 heteroatoms. The van der Waals surface area contributed by atoms with E-state index in [1.54, 1.807) is 18.2 Å². The molecule has 126 valence electrons. The number of sulfone groups is 1. The molecule has 1 aromatic heterocycles. The quantitative estimate of drug-likeness (QED) is 0.618. The van der Waals surface area contributed by atoms with Gasteiger partial charge in [0.1, 0.15) is 0 Å². The minimum absolute atomic E-state index is 0.194. The van der Waals surface area contributed by atoms with Gasteiger partial charge < -0.3 is 11.5 Å². The second kappa shape index (κ2) is 7.18. The topological polar surface area (TPSA) is 115 Å². The summed E-state index contributed by atoms with van der Waals surface area (Å²) in [6, 6.07) is 16.4. The zero-order valence-corrected chi connectivity index (χ0v) is 14.3. The van der Waals surface area contributed by atoms with Crippen molar-refractivity contribution in [2.24, 2.45) is 0 Å². The molecule has 0 unspecified atom stereocenters. The highest BCUT2D eigenvalue weighted by molar-refractivity contribution is 7.90. The average Bonchev–Trinajstić information content (AvgIpc) is 2.87. The molecule has 0 aliphatic heterocycles. The van der Waals surface area contributed by atoms with Crippen LogP contribution in [-0.2, 0) is 9.84 Å². The average molecular weight is 344 g/mol. The molecule has 3 aromatic rings. The Balaban J connectivity index is 0.000000177. The molecule has 0 bridgehead atoms. The van der Waals surface area contributed by atoms with E-state index >= 15 is 0 Å². The van der Waals surface area contributed by atoms with Crippen LogP contribution < -0.4 is 11.5 Å². The fourth-order valence-corrected chi connectivity index (χ4v) is 3.06. The fourth-order valence-electron chi connectivity index (χ4n) is 2.24. The molecule has 2 aromatic carbocycles. The van der Waals surface area contributed by atoms with Gasteiger partial charge in [-0.3, -0.25) is 5.10 Å². The summed E-state index contributed by atoms with van der Waals surface area (Å²) in [5.41, 5.74) is 14.6. The summed E-state index contributed by atoms with van der Waals surface area (Å²) in [4.78, 5) is 0.194. The van der Waals surface area contributed by atoms with Crippen molar-refractivity contribution in [3.05, 3.63) is 60.3 Å². The molecule has 0 aliphatic carbocycles. The molecule has 0 amide bonds. The zero-order chi connectivity index (χ0) is 17.7. The first kappa shape index (κ1) is 17.6. The molecule has 1 heterocycles. The zero-order valence-electron chi connectivity index (χ0n) is 13.5. The van der Waals surface area contributed by atoms with E-state index in [4.69, 9.17) is 11.5 Å². The van der Waals surface area contributed by atoms with E-state index in [9.17, 15) is 8.42 Å². The van der Waals surface area contributed by atoms with Gasteiger partial charge in [0.05, 0.1) is 10.6 Å². The largest absolute Gasteiger partial charge is 0.398 e. The van der Waals surface area contributed by atoms with Crippen molar-refractivity contribution in [2.75, 3.05) is 17.7 Å². The van der Waals surface area contributed by atoms with Crippen molar-refractivity contribution < 1.29 is 8.42 Å². The summed E-state index contributed by atoms with van der Waals surface area (Å²) in [5.74, 6) is 0.559. The summed E-state index contributed by atoms with van der Waals surface area (Å²) < 4.78 is 21.9. The van der Waals surface area contributed by atoms with E-state index in [-0.39, 0.29) is 4.90 Å². The smallest absolute Gasteiger partial charge is 0.177 e.